The molecule has 3 aromatic rings. The van der Waals surface area contributed by atoms with E-state index in [1.807, 2.05) is 37.3 Å². The molecule has 0 fully saturated rings. The average Bonchev–Trinajstić information content (AvgIpc) is 2.67. The molecule has 3 rings (SSSR count). The number of hydrogen-bond donors (Lipinski definition) is 0. The van der Waals surface area contributed by atoms with Crippen molar-refractivity contribution in [1.29, 1.82) is 0 Å². The first-order valence-electron chi connectivity index (χ1n) is 8.47. The number of pyridine rings is 1. The number of nitrogens with zero attached hydrogens (tertiary/aromatic N) is 1. The number of ether oxygens (including phenoxy) is 3. The first-order valence-corrected chi connectivity index (χ1v) is 8.47. The molecule has 1 aromatic heterocycles. The molecule has 134 valence electrons. The molecule has 4 nitrogen and oxygen atoms in total. The Morgan fingerprint density at radius 1 is 0.923 bits per heavy atom. The lowest BCUT2D eigenvalue weighted by Crippen LogP contribution is -2.24. The Kier molecular flexibility index (Phi) is 6.04. The standard InChI is InChI=1S/C21H20FNO3/c1-2-17(26-21-8-3-4-13-23-21)15-24-18-9-11-19(12-10-18)25-20-7-5-6-16(22)14-20/h3-14,17H,2,15H2,1H3. The minimum absolute atomic E-state index is 0.0897. The van der Waals surface area contributed by atoms with Gasteiger partial charge in [-0.2, -0.15) is 0 Å². The molecule has 5 heteroatoms. The van der Waals surface area contributed by atoms with Crippen LogP contribution in [0.3, 0.4) is 0 Å². The third-order valence-corrected chi connectivity index (χ3v) is 3.67. The van der Waals surface area contributed by atoms with Crippen LogP contribution in [-0.4, -0.2) is 17.7 Å². The molecule has 26 heavy (non-hydrogen) atoms. The normalized spacial score (nSPS) is 11.6. The molecule has 0 N–H and O–H groups in total. The summed E-state index contributed by atoms with van der Waals surface area (Å²) in [4.78, 5) is 4.16. The van der Waals surface area contributed by atoms with Crippen molar-refractivity contribution in [2.45, 2.75) is 19.4 Å². The predicted octanol–water partition coefficient (Wildman–Crippen LogP) is 5.25. The Hall–Kier alpha value is -3.08. The lowest BCUT2D eigenvalue weighted by atomic mass is 10.3. The molecule has 0 aliphatic heterocycles. The molecule has 1 unspecified atom stereocenters. The first-order chi connectivity index (χ1) is 12.7. The van der Waals surface area contributed by atoms with Crippen LogP contribution in [0.1, 0.15) is 13.3 Å². The van der Waals surface area contributed by atoms with E-state index < -0.39 is 0 Å². The second-order valence-electron chi connectivity index (χ2n) is 5.66. The highest BCUT2D eigenvalue weighted by molar-refractivity contribution is 5.35. The average molecular weight is 353 g/mol. The molecule has 0 saturated heterocycles. The molecule has 0 amide bonds. The van der Waals surface area contributed by atoms with Gasteiger partial charge in [0, 0.05) is 18.3 Å². The fourth-order valence-electron chi connectivity index (χ4n) is 2.28. The van der Waals surface area contributed by atoms with Crippen LogP contribution >= 0.6 is 0 Å². The van der Waals surface area contributed by atoms with Crippen molar-refractivity contribution in [2.75, 3.05) is 6.61 Å². The monoisotopic (exact) mass is 353 g/mol. The Labute approximate surface area is 152 Å². The SMILES string of the molecule is CCC(COc1ccc(Oc2cccc(F)c2)cc1)Oc1ccccn1. The summed E-state index contributed by atoms with van der Waals surface area (Å²) in [6.45, 7) is 2.45. The molecule has 1 atom stereocenters. The van der Waals surface area contributed by atoms with Gasteiger partial charge in [-0.25, -0.2) is 9.37 Å². The summed E-state index contributed by atoms with van der Waals surface area (Å²) >= 11 is 0. The van der Waals surface area contributed by atoms with Gasteiger partial charge in [0.1, 0.15) is 35.8 Å². The third-order valence-electron chi connectivity index (χ3n) is 3.67. The van der Waals surface area contributed by atoms with Crippen LogP contribution in [0.15, 0.2) is 72.9 Å². The van der Waals surface area contributed by atoms with E-state index in [9.17, 15) is 4.39 Å². The predicted molar refractivity (Wildman–Crippen MR) is 97.4 cm³/mol. The van der Waals surface area contributed by atoms with E-state index in [1.165, 1.54) is 12.1 Å². The fourth-order valence-corrected chi connectivity index (χ4v) is 2.28. The van der Waals surface area contributed by atoms with Gasteiger partial charge in [-0.1, -0.05) is 19.1 Å². The number of hydrogen-bond acceptors (Lipinski definition) is 4. The largest absolute Gasteiger partial charge is 0.490 e. The van der Waals surface area contributed by atoms with Crippen molar-refractivity contribution in [1.82, 2.24) is 4.98 Å². The van der Waals surface area contributed by atoms with Gasteiger partial charge in [0.05, 0.1) is 0 Å². The van der Waals surface area contributed by atoms with Crippen molar-refractivity contribution >= 4 is 0 Å². The van der Waals surface area contributed by atoms with Crippen molar-refractivity contribution < 1.29 is 18.6 Å². The quantitative estimate of drug-likeness (QED) is 0.555. The molecule has 0 aliphatic rings. The Balaban J connectivity index is 1.53. The molecular formula is C21H20FNO3. The van der Waals surface area contributed by atoms with Gasteiger partial charge in [0.2, 0.25) is 5.88 Å². The van der Waals surface area contributed by atoms with E-state index in [2.05, 4.69) is 4.98 Å². The summed E-state index contributed by atoms with van der Waals surface area (Å²) in [5, 5.41) is 0. The number of rotatable bonds is 8. The van der Waals surface area contributed by atoms with Gasteiger partial charge in [-0.15, -0.1) is 0 Å². The van der Waals surface area contributed by atoms with E-state index in [0.717, 1.165) is 6.42 Å². The molecule has 0 radical (unpaired) electrons. The number of halogens is 1. The van der Waals surface area contributed by atoms with Crippen LogP contribution in [-0.2, 0) is 0 Å². The van der Waals surface area contributed by atoms with Crippen molar-refractivity contribution in [3.05, 3.63) is 78.7 Å². The van der Waals surface area contributed by atoms with Crippen LogP contribution in [0.2, 0.25) is 0 Å². The van der Waals surface area contributed by atoms with Gasteiger partial charge in [0.25, 0.3) is 0 Å². The van der Waals surface area contributed by atoms with Gasteiger partial charge in [-0.3, -0.25) is 0 Å². The first kappa shape index (κ1) is 17.7. The second-order valence-corrected chi connectivity index (χ2v) is 5.66. The van der Waals surface area contributed by atoms with E-state index in [4.69, 9.17) is 14.2 Å². The minimum Gasteiger partial charge on any atom is -0.490 e. The molecular weight excluding hydrogens is 333 g/mol. The van der Waals surface area contributed by atoms with Gasteiger partial charge in [0.15, 0.2) is 0 Å². The summed E-state index contributed by atoms with van der Waals surface area (Å²) in [7, 11) is 0. The van der Waals surface area contributed by atoms with Crippen molar-refractivity contribution in [3.63, 3.8) is 0 Å². The van der Waals surface area contributed by atoms with Gasteiger partial charge >= 0.3 is 0 Å². The second kappa shape index (κ2) is 8.85. The van der Waals surface area contributed by atoms with Crippen LogP contribution in [0, 0.1) is 5.82 Å². The number of aromatic nitrogens is 1. The highest BCUT2D eigenvalue weighted by Gasteiger charge is 2.10. The van der Waals surface area contributed by atoms with Crippen molar-refractivity contribution in [2.24, 2.45) is 0 Å². The zero-order valence-electron chi connectivity index (χ0n) is 14.5. The van der Waals surface area contributed by atoms with Crippen LogP contribution < -0.4 is 14.2 Å². The highest BCUT2D eigenvalue weighted by atomic mass is 19.1. The van der Waals surface area contributed by atoms with Gasteiger partial charge < -0.3 is 14.2 Å². The molecule has 0 saturated carbocycles. The summed E-state index contributed by atoms with van der Waals surface area (Å²) < 4.78 is 30.4. The smallest absolute Gasteiger partial charge is 0.213 e. The summed E-state index contributed by atoms with van der Waals surface area (Å²) in [6.07, 6.45) is 2.41. The molecule has 0 spiro atoms. The maximum absolute atomic E-state index is 13.2. The number of benzene rings is 2. The summed E-state index contributed by atoms with van der Waals surface area (Å²) in [5.41, 5.74) is 0. The summed E-state index contributed by atoms with van der Waals surface area (Å²) in [6, 6.07) is 18.7. The van der Waals surface area contributed by atoms with E-state index in [1.54, 1.807) is 30.5 Å². The molecule has 1 heterocycles. The lowest BCUT2D eigenvalue weighted by molar-refractivity contribution is 0.120. The van der Waals surface area contributed by atoms with E-state index in [-0.39, 0.29) is 11.9 Å². The molecule has 0 aliphatic carbocycles. The van der Waals surface area contributed by atoms with E-state index >= 15 is 0 Å². The minimum atomic E-state index is -0.332. The Morgan fingerprint density at radius 3 is 2.42 bits per heavy atom. The lowest BCUT2D eigenvalue weighted by Gasteiger charge is -2.17. The van der Waals surface area contributed by atoms with Crippen LogP contribution in [0.4, 0.5) is 4.39 Å². The Morgan fingerprint density at radius 2 is 1.73 bits per heavy atom. The van der Waals surface area contributed by atoms with E-state index in [0.29, 0.717) is 29.7 Å². The maximum atomic E-state index is 13.2. The fraction of sp³-hybridized carbons (Fsp3) is 0.190. The maximum Gasteiger partial charge on any atom is 0.213 e. The molecule has 2 aromatic carbocycles. The zero-order valence-corrected chi connectivity index (χ0v) is 14.5. The highest BCUT2D eigenvalue weighted by Crippen LogP contribution is 2.24. The van der Waals surface area contributed by atoms with Crippen LogP contribution in [0.5, 0.6) is 23.1 Å². The Bertz CT molecular complexity index is 809. The van der Waals surface area contributed by atoms with Crippen LogP contribution in [0.25, 0.3) is 0 Å². The van der Waals surface area contributed by atoms with Crippen molar-refractivity contribution in [3.8, 4) is 23.1 Å². The van der Waals surface area contributed by atoms with Gasteiger partial charge in [-0.05, 0) is 48.9 Å². The zero-order chi connectivity index (χ0) is 18.2. The topological polar surface area (TPSA) is 40.6 Å². The molecule has 0 bridgehead atoms. The third kappa shape index (κ3) is 5.21. The summed E-state index contributed by atoms with van der Waals surface area (Å²) in [5.74, 6) is 2.02.